The first kappa shape index (κ1) is 28.1. The van der Waals surface area contributed by atoms with E-state index in [2.05, 4.69) is 54.0 Å². The molecule has 42 heavy (non-hydrogen) atoms. The largest absolute Gasteiger partial charge is 0.248 e. The highest BCUT2D eigenvalue weighted by molar-refractivity contribution is 5.77. The molecule has 4 aromatic heterocycles. The topological polar surface area (TPSA) is 87.2 Å². The van der Waals surface area contributed by atoms with Crippen LogP contribution in [0.5, 0.6) is 0 Å². The van der Waals surface area contributed by atoms with Crippen LogP contribution in [0.3, 0.4) is 0 Å². The summed E-state index contributed by atoms with van der Waals surface area (Å²) in [6.07, 6.45) is 3.06. The molecule has 0 aliphatic carbocycles. The van der Waals surface area contributed by atoms with E-state index in [0.717, 1.165) is 38.9 Å². The van der Waals surface area contributed by atoms with Gasteiger partial charge in [0.15, 0.2) is 0 Å². The summed E-state index contributed by atoms with van der Waals surface area (Å²) in [6.45, 7) is 4.80. The smallest absolute Gasteiger partial charge is 0.131 e. The molecule has 6 rings (SSSR count). The fourth-order valence-corrected chi connectivity index (χ4v) is 4.11. The number of hydrogen-bond donors (Lipinski definition) is 0. The molecule has 9 heteroatoms. The van der Waals surface area contributed by atoms with Crippen molar-refractivity contribution in [3.05, 3.63) is 107 Å². The second-order valence-corrected chi connectivity index (χ2v) is 9.44. The van der Waals surface area contributed by atoms with Gasteiger partial charge in [-0.1, -0.05) is 48.2 Å². The van der Waals surface area contributed by atoms with Crippen LogP contribution in [0.4, 0.5) is 4.39 Å². The monoisotopic (exact) mass is 556 g/mol. The van der Waals surface area contributed by atoms with E-state index in [1.54, 1.807) is 34.0 Å². The Morgan fingerprint density at radius 1 is 0.643 bits per heavy atom. The molecule has 4 heterocycles. The average Bonchev–Trinajstić information content (AvgIpc) is 3.64. The first-order valence-corrected chi connectivity index (χ1v) is 13.6. The van der Waals surface area contributed by atoms with Crippen LogP contribution >= 0.6 is 0 Å². The van der Waals surface area contributed by atoms with Gasteiger partial charge < -0.3 is 0 Å². The molecule has 0 radical (unpaired) electrons. The van der Waals surface area contributed by atoms with E-state index in [1.165, 1.54) is 0 Å². The van der Waals surface area contributed by atoms with Crippen LogP contribution in [0.2, 0.25) is 0 Å². The maximum Gasteiger partial charge on any atom is 0.131 e. The molecule has 0 amide bonds. The Labute approximate surface area is 243 Å². The van der Waals surface area contributed by atoms with Crippen molar-refractivity contribution in [2.75, 3.05) is 0 Å². The minimum atomic E-state index is -0.571. The van der Waals surface area contributed by atoms with Crippen molar-refractivity contribution in [2.24, 2.45) is 0 Å². The molecule has 0 N–H and O–H groups in total. The highest BCUT2D eigenvalue weighted by atomic mass is 19.1. The molecule has 0 saturated heterocycles. The van der Waals surface area contributed by atoms with Crippen molar-refractivity contribution in [1.29, 1.82) is 0 Å². The lowest BCUT2D eigenvalue weighted by molar-refractivity contribution is 0.476. The molecular formula is C33H29FN8. The van der Waals surface area contributed by atoms with Gasteiger partial charge in [0.25, 0.3) is 0 Å². The van der Waals surface area contributed by atoms with E-state index in [4.69, 9.17) is 0 Å². The van der Waals surface area contributed by atoms with E-state index in [-0.39, 0.29) is 0 Å². The Morgan fingerprint density at radius 2 is 1.21 bits per heavy atom. The fourth-order valence-electron chi connectivity index (χ4n) is 4.11. The first-order chi connectivity index (χ1) is 20.6. The molecule has 6 aromatic rings. The number of aromatic nitrogens is 8. The Balaban J connectivity index is 0.000000169. The summed E-state index contributed by atoms with van der Waals surface area (Å²) in [6, 6.07) is 22.9. The Bertz CT molecular complexity index is 1920. The maximum absolute atomic E-state index is 12.5. The zero-order chi connectivity index (χ0) is 29.1. The van der Waals surface area contributed by atoms with Gasteiger partial charge in [0, 0.05) is 19.0 Å². The van der Waals surface area contributed by atoms with Crippen molar-refractivity contribution < 1.29 is 4.39 Å². The van der Waals surface area contributed by atoms with Crippen LogP contribution in [0, 0.1) is 37.5 Å². The molecule has 208 valence electrons. The van der Waals surface area contributed by atoms with Gasteiger partial charge in [-0.3, -0.25) is 0 Å². The summed E-state index contributed by atoms with van der Waals surface area (Å²) >= 11 is 0. The molecule has 0 atom stereocenters. The summed E-state index contributed by atoms with van der Waals surface area (Å²) in [7, 11) is 0. The molecule has 0 fully saturated rings. The highest BCUT2D eigenvalue weighted by Gasteiger charge is 2.04. The molecule has 8 nitrogen and oxygen atoms in total. The molecular weight excluding hydrogens is 527 g/mol. The molecule has 0 unspecified atom stereocenters. The zero-order valence-corrected chi connectivity index (χ0v) is 23.5. The number of nitrogens with zero attached hydrogens (tertiary/aromatic N) is 8. The maximum atomic E-state index is 12.5. The van der Waals surface area contributed by atoms with Gasteiger partial charge in [-0.15, -0.1) is 0 Å². The van der Waals surface area contributed by atoms with E-state index >= 15 is 0 Å². The van der Waals surface area contributed by atoms with Crippen LogP contribution in [0.1, 0.15) is 41.1 Å². The van der Waals surface area contributed by atoms with Crippen molar-refractivity contribution in [3.63, 3.8) is 0 Å². The van der Waals surface area contributed by atoms with E-state index in [0.29, 0.717) is 37.3 Å². The van der Waals surface area contributed by atoms with Crippen molar-refractivity contribution in [1.82, 2.24) is 40.0 Å². The molecule has 0 aliphatic rings. The van der Waals surface area contributed by atoms with Crippen molar-refractivity contribution in [2.45, 2.75) is 46.5 Å². The lowest BCUT2D eigenvalue weighted by Gasteiger charge is -1.94. The van der Waals surface area contributed by atoms with E-state index in [1.807, 2.05) is 68.4 Å². The lowest BCUT2D eigenvalue weighted by Crippen LogP contribution is -2.01. The van der Waals surface area contributed by atoms with Crippen LogP contribution in [0.25, 0.3) is 22.1 Å². The lowest BCUT2D eigenvalue weighted by atomic mass is 10.2. The summed E-state index contributed by atoms with van der Waals surface area (Å²) in [5.41, 5.74) is 7.76. The standard InChI is InChI=1S/C17H15FN4.C16H14N4/c1-13-6-4-10-16-17(13)21-22(20-16)11-3-2-7-14-8-5-9-15(12-18)19-14;1-13-7-6-10-15-16(13)19-20(18-15)12-5-3-9-14-8-2-4-11-17-14/h4-6,8-10H,3,11-12H2,1H3;2,4,6-8,10-11H,5,12H2,1H3. The molecule has 0 spiro atoms. The minimum absolute atomic E-state index is 0.405. The third-order valence-electron chi connectivity index (χ3n) is 6.23. The minimum Gasteiger partial charge on any atom is -0.248 e. The number of rotatable bonds is 5. The number of hydrogen-bond acceptors (Lipinski definition) is 6. The average molecular weight is 557 g/mol. The molecule has 0 aliphatic heterocycles. The molecule has 0 bridgehead atoms. The normalized spacial score (nSPS) is 10.4. The van der Waals surface area contributed by atoms with Gasteiger partial charge in [-0.2, -0.15) is 30.0 Å². The van der Waals surface area contributed by atoms with Gasteiger partial charge in [0.2, 0.25) is 0 Å². The van der Waals surface area contributed by atoms with Crippen LogP contribution in [-0.2, 0) is 19.8 Å². The Kier molecular flexibility index (Phi) is 9.23. The summed E-state index contributed by atoms with van der Waals surface area (Å²) in [4.78, 5) is 11.6. The highest BCUT2D eigenvalue weighted by Crippen LogP contribution is 2.14. The third-order valence-corrected chi connectivity index (χ3v) is 6.23. The number of aryl methyl sites for hydroxylation is 4. The quantitative estimate of drug-likeness (QED) is 0.256. The number of halogens is 1. The van der Waals surface area contributed by atoms with Gasteiger partial charge >= 0.3 is 0 Å². The van der Waals surface area contributed by atoms with E-state index < -0.39 is 6.67 Å². The van der Waals surface area contributed by atoms with Crippen LogP contribution in [-0.4, -0.2) is 40.0 Å². The predicted octanol–water partition coefficient (Wildman–Crippen LogP) is 5.62. The van der Waals surface area contributed by atoms with Gasteiger partial charge in [-0.05, 0) is 73.2 Å². The first-order valence-electron chi connectivity index (χ1n) is 13.6. The predicted molar refractivity (Wildman–Crippen MR) is 161 cm³/mol. The fraction of sp³-hybridized carbons (Fsp3) is 0.212. The van der Waals surface area contributed by atoms with Crippen molar-refractivity contribution in [3.8, 4) is 23.7 Å². The second-order valence-electron chi connectivity index (χ2n) is 9.44. The number of fused-ring (bicyclic) bond motifs is 2. The van der Waals surface area contributed by atoms with Gasteiger partial charge in [0.1, 0.15) is 40.1 Å². The van der Waals surface area contributed by atoms with Crippen LogP contribution in [0.15, 0.2) is 79.0 Å². The Morgan fingerprint density at radius 3 is 1.76 bits per heavy atom. The third kappa shape index (κ3) is 7.41. The molecule has 2 aromatic carbocycles. The van der Waals surface area contributed by atoms with Gasteiger partial charge in [0.05, 0.1) is 18.8 Å². The number of benzene rings is 2. The molecule has 0 saturated carbocycles. The summed E-state index contributed by atoms with van der Waals surface area (Å²) in [5, 5.41) is 17.8. The van der Waals surface area contributed by atoms with E-state index in [9.17, 15) is 4.39 Å². The SMILES string of the molecule is Cc1cccc2nn(CCC#Cc3cccc(CF)n3)nc12.Cc1cccc2nn(CCC#Cc3ccccn3)nc12. The summed E-state index contributed by atoms with van der Waals surface area (Å²) < 4.78 is 12.5. The summed E-state index contributed by atoms with van der Waals surface area (Å²) in [5.74, 6) is 12.1. The second kappa shape index (κ2) is 13.8. The van der Waals surface area contributed by atoms with Crippen molar-refractivity contribution >= 4 is 22.1 Å². The number of pyridine rings is 2. The number of alkyl halides is 1. The Hall–Kier alpha value is -5.41. The van der Waals surface area contributed by atoms with Gasteiger partial charge in [-0.25, -0.2) is 14.4 Å². The van der Waals surface area contributed by atoms with Crippen LogP contribution < -0.4 is 0 Å². The zero-order valence-electron chi connectivity index (χ0n) is 23.5.